The summed E-state index contributed by atoms with van der Waals surface area (Å²) in [6.07, 6.45) is 1.89. The van der Waals surface area contributed by atoms with Crippen LogP contribution in [0.15, 0.2) is 79.0 Å². The van der Waals surface area contributed by atoms with Crippen molar-refractivity contribution in [2.24, 2.45) is 0 Å². The summed E-state index contributed by atoms with van der Waals surface area (Å²) < 4.78 is 7.97. The van der Waals surface area contributed by atoms with Gasteiger partial charge in [0, 0.05) is 11.9 Å². The molecule has 1 unspecified atom stereocenters. The molecular formula is C25H25N3O3. The van der Waals surface area contributed by atoms with E-state index in [1.54, 1.807) is 6.92 Å². The van der Waals surface area contributed by atoms with Gasteiger partial charge in [0.05, 0.1) is 18.3 Å². The molecule has 0 bridgehead atoms. The molecule has 1 atom stereocenters. The molecule has 158 valence electrons. The van der Waals surface area contributed by atoms with Gasteiger partial charge >= 0.3 is 5.97 Å². The second kappa shape index (κ2) is 9.45. The Morgan fingerprint density at radius 2 is 1.84 bits per heavy atom. The fraction of sp³-hybridized carbons (Fsp3) is 0.200. The Hall–Kier alpha value is -3.64. The van der Waals surface area contributed by atoms with Crippen LogP contribution < -0.4 is 10.1 Å². The molecular weight excluding hydrogens is 390 g/mol. The fourth-order valence-corrected chi connectivity index (χ4v) is 3.38. The van der Waals surface area contributed by atoms with Gasteiger partial charge < -0.3 is 15.2 Å². The lowest BCUT2D eigenvalue weighted by molar-refractivity contribution is -0.139. The Kier molecular flexibility index (Phi) is 6.29. The molecule has 0 saturated carbocycles. The van der Waals surface area contributed by atoms with Crippen LogP contribution in [0.2, 0.25) is 0 Å². The summed E-state index contributed by atoms with van der Waals surface area (Å²) >= 11 is 0. The van der Waals surface area contributed by atoms with Crippen LogP contribution in [0.25, 0.3) is 10.9 Å². The van der Waals surface area contributed by atoms with Gasteiger partial charge in [-0.05, 0) is 47.9 Å². The first-order valence-electron chi connectivity index (χ1n) is 10.2. The van der Waals surface area contributed by atoms with Crippen molar-refractivity contribution in [2.75, 3.05) is 0 Å². The Bertz CT molecular complexity index is 1170. The fourth-order valence-electron chi connectivity index (χ4n) is 3.38. The number of carbonyl (C=O) groups is 1. The van der Waals surface area contributed by atoms with Crippen LogP contribution >= 0.6 is 0 Å². The first-order chi connectivity index (χ1) is 15.1. The number of aromatic nitrogens is 2. The average Bonchev–Trinajstić information content (AvgIpc) is 3.19. The lowest BCUT2D eigenvalue weighted by Gasteiger charge is -2.11. The van der Waals surface area contributed by atoms with E-state index in [0.717, 1.165) is 34.3 Å². The summed E-state index contributed by atoms with van der Waals surface area (Å²) in [6.45, 7) is 3.28. The van der Waals surface area contributed by atoms with Crippen molar-refractivity contribution in [3.8, 4) is 5.75 Å². The number of aliphatic carboxylic acids is 1. The van der Waals surface area contributed by atoms with Crippen LogP contribution in [0.3, 0.4) is 0 Å². The van der Waals surface area contributed by atoms with Crippen molar-refractivity contribution < 1.29 is 14.6 Å². The minimum atomic E-state index is -0.866. The third-order valence-electron chi connectivity index (χ3n) is 5.17. The minimum absolute atomic E-state index is 0.447. The van der Waals surface area contributed by atoms with Gasteiger partial charge in [0.1, 0.15) is 18.4 Å². The molecule has 0 amide bonds. The zero-order chi connectivity index (χ0) is 21.6. The second-order valence-electron chi connectivity index (χ2n) is 7.56. The first-order valence-corrected chi connectivity index (χ1v) is 10.2. The largest absolute Gasteiger partial charge is 0.489 e. The maximum atomic E-state index is 10.9. The summed E-state index contributed by atoms with van der Waals surface area (Å²) in [7, 11) is 0. The smallest absolute Gasteiger partial charge is 0.320 e. The Balaban J connectivity index is 1.39. The van der Waals surface area contributed by atoms with E-state index < -0.39 is 12.0 Å². The van der Waals surface area contributed by atoms with E-state index in [0.29, 0.717) is 13.2 Å². The standard InChI is InChI=1S/C25H25N3O3/c1-18(25(29)30)26-14-20-8-5-9-23(13-20)31-17-21-10-11-24-22(12-21)15-27-28(24)16-19-6-3-2-4-7-19/h2-13,15,18,26H,14,16-17H2,1H3,(H,29,30). The molecule has 0 radical (unpaired) electrons. The number of ether oxygens (including phenoxy) is 1. The lowest BCUT2D eigenvalue weighted by atomic mass is 10.1. The highest BCUT2D eigenvalue weighted by molar-refractivity contribution is 5.79. The number of nitrogens with zero attached hydrogens (tertiary/aromatic N) is 2. The number of hydrogen-bond acceptors (Lipinski definition) is 4. The topological polar surface area (TPSA) is 76.4 Å². The molecule has 0 fully saturated rings. The third kappa shape index (κ3) is 5.29. The van der Waals surface area contributed by atoms with Crippen LogP contribution in [0.4, 0.5) is 0 Å². The molecule has 1 aromatic heterocycles. The van der Waals surface area contributed by atoms with Gasteiger partial charge in [-0.15, -0.1) is 0 Å². The molecule has 0 aliphatic rings. The van der Waals surface area contributed by atoms with E-state index in [2.05, 4.69) is 40.7 Å². The van der Waals surface area contributed by atoms with Crippen LogP contribution in [-0.4, -0.2) is 26.9 Å². The molecule has 1 heterocycles. The van der Waals surface area contributed by atoms with Crippen molar-refractivity contribution in [3.63, 3.8) is 0 Å². The molecule has 0 saturated heterocycles. The number of rotatable bonds is 9. The lowest BCUT2D eigenvalue weighted by Crippen LogP contribution is -2.33. The monoisotopic (exact) mass is 415 g/mol. The number of fused-ring (bicyclic) bond motifs is 1. The van der Waals surface area contributed by atoms with Gasteiger partial charge in [-0.3, -0.25) is 9.48 Å². The van der Waals surface area contributed by atoms with E-state index in [1.807, 2.05) is 53.3 Å². The Morgan fingerprint density at radius 1 is 1.03 bits per heavy atom. The predicted molar refractivity (Wildman–Crippen MR) is 120 cm³/mol. The highest BCUT2D eigenvalue weighted by Gasteiger charge is 2.10. The van der Waals surface area contributed by atoms with E-state index >= 15 is 0 Å². The summed E-state index contributed by atoms with van der Waals surface area (Å²) in [5.41, 5.74) is 4.35. The van der Waals surface area contributed by atoms with Gasteiger partial charge in [0.15, 0.2) is 0 Å². The summed E-state index contributed by atoms with van der Waals surface area (Å²) in [4.78, 5) is 10.9. The van der Waals surface area contributed by atoms with E-state index in [4.69, 9.17) is 9.84 Å². The molecule has 4 rings (SSSR count). The molecule has 4 aromatic rings. The summed E-state index contributed by atoms with van der Waals surface area (Å²) in [5.74, 6) is -0.114. The zero-order valence-electron chi connectivity index (χ0n) is 17.4. The van der Waals surface area contributed by atoms with E-state index in [9.17, 15) is 4.79 Å². The van der Waals surface area contributed by atoms with Gasteiger partial charge in [-0.2, -0.15) is 5.10 Å². The van der Waals surface area contributed by atoms with Gasteiger partial charge in [0.2, 0.25) is 0 Å². The third-order valence-corrected chi connectivity index (χ3v) is 5.17. The maximum absolute atomic E-state index is 10.9. The highest BCUT2D eigenvalue weighted by Crippen LogP contribution is 2.20. The summed E-state index contributed by atoms with van der Waals surface area (Å²) in [5, 5.41) is 17.6. The van der Waals surface area contributed by atoms with Crippen LogP contribution in [0.5, 0.6) is 5.75 Å². The summed E-state index contributed by atoms with van der Waals surface area (Å²) in [6, 6.07) is 23.6. The SMILES string of the molecule is CC(NCc1cccc(OCc2ccc3c(cnn3Cc3ccccc3)c2)c1)C(=O)O. The number of benzene rings is 3. The molecule has 0 spiro atoms. The van der Waals surface area contributed by atoms with Gasteiger partial charge in [-0.25, -0.2) is 0 Å². The van der Waals surface area contributed by atoms with Crippen molar-refractivity contribution in [2.45, 2.75) is 32.7 Å². The predicted octanol–water partition coefficient (Wildman–Crippen LogP) is 4.23. The highest BCUT2D eigenvalue weighted by atomic mass is 16.5. The molecule has 2 N–H and O–H groups in total. The number of carboxylic acid groups (broad SMARTS) is 1. The average molecular weight is 415 g/mol. The minimum Gasteiger partial charge on any atom is -0.489 e. The molecule has 3 aromatic carbocycles. The second-order valence-corrected chi connectivity index (χ2v) is 7.56. The number of carboxylic acids is 1. The van der Waals surface area contributed by atoms with Crippen molar-refractivity contribution in [1.82, 2.24) is 15.1 Å². The Labute approximate surface area is 181 Å². The maximum Gasteiger partial charge on any atom is 0.320 e. The molecule has 6 heteroatoms. The molecule has 31 heavy (non-hydrogen) atoms. The zero-order valence-corrected chi connectivity index (χ0v) is 17.4. The molecule has 0 aliphatic heterocycles. The normalized spacial score (nSPS) is 12.0. The van der Waals surface area contributed by atoms with Crippen LogP contribution in [0, 0.1) is 0 Å². The molecule has 6 nitrogen and oxygen atoms in total. The quantitative estimate of drug-likeness (QED) is 0.428. The van der Waals surface area contributed by atoms with Gasteiger partial charge in [-0.1, -0.05) is 48.5 Å². The number of nitrogens with one attached hydrogen (secondary N) is 1. The van der Waals surface area contributed by atoms with E-state index in [-0.39, 0.29) is 0 Å². The van der Waals surface area contributed by atoms with Crippen molar-refractivity contribution in [1.29, 1.82) is 0 Å². The van der Waals surface area contributed by atoms with Crippen molar-refractivity contribution >= 4 is 16.9 Å². The van der Waals surface area contributed by atoms with Crippen molar-refractivity contribution in [3.05, 3.63) is 95.7 Å². The van der Waals surface area contributed by atoms with E-state index in [1.165, 1.54) is 5.56 Å². The number of hydrogen-bond donors (Lipinski definition) is 2. The van der Waals surface area contributed by atoms with Crippen LogP contribution in [-0.2, 0) is 24.5 Å². The van der Waals surface area contributed by atoms with Crippen LogP contribution in [0.1, 0.15) is 23.6 Å². The van der Waals surface area contributed by atoms with Gasteiger partial charge in [0.25, 0.3) is 0 Å². The first kappa shape index (κ1) is 20.6. The Morgan fingerprint density at radius 3 is 2.65 bits per heavy atom. The molecule has 0 aliphatic carbocycles.